The van der Waals surface area contributed by atoms with E-state index in [-0.39, 0.29) is 5.91 Å². The summed E-state index contributed by atoms with van der Waals surface area (Å²) < 4.78 is 0. The maximum Gasteiger partial charge on any atom is 0.228 e. The molecule has 92 valence electrons. The quantitative estimate of drug-likeness (QED) is 0.728. The lowest BCUT2D eigenvalue weighted by Crippen LogP contribution is -2.48. The average molecular weight is 253 g/mol. The van der Waals surface area contributed by atoms with Crippen molar-refractivity contribution in [3.63, 3.8) is 0 Å². The Balaban J connectivity index is 1.89. The Morgan fingerprint density at radius 1 is 1.47 bits per heavy atom. The third kappa shape index (κ3) is 2.82. The fourth-order valence-corrected chi connectivity index (χ4v) is 2.59. The molecule has 0 aromatic carbocycles. The summed E-state index contributed by atoms with van der Waals surface area (Å²) in [7, 11) is 0. The highest BCUT2D eigenvalue weighted by atomic mass is 32.1. The van der Waals surface area contributed by atoms with E-state index in [0.29, 0.717) is 32.6 Å². The molecular formula is C11H15N3O2S. The molecule has 0 radical (unpaired) electrons. The molecule has 1 fully saturated rings. The summed E-state index contributed by atoms with van der Waals surface area (Å²) in [5, 5.41) is 0. The Kier molecular flexibility index (Phi) is 3.73. The van der Waals surface area contributed by atoms with Crippen LogP contribution in [0.15, 0.2) is 5.51 Å². The normalized spacial score (nSPS) is 16.1. The number of hydrogen-bond acceptors (Lipinski definition) is 4. The van der Waals surface area contributed by atoms with Crippen molar-refractivity contribution >= 4 is 23.7 Å². The summed E-state index contributed by atoms with van der Waals surface area (Å²) in [6.07, 6.45) is 1.27. The fraction of sp³-hybridized carbons (Fsp3) is 0.545. The molecule has 1 saturated heterocycles. The molecule has 0 atom stereocenters. The van der Waals surface area contributed by atoms with Gasteiger partial charge >= 0.3 is 0 Å². The largest absolute Gasteiger partial charge is 0.342 e. The van der Waals surface area contributed by atoms with E-state index >= 15 is 0 Å². The first kappa shape index (κ1) is 12.0. The van der Waals surface area contributed by atoms with E-state index in [0.717, 1.165) is 17.0 Å². The second-order valence-corrected chi connectivity index (χ2v) is 5.00. The van der Waals surface area contributed by atoms with E-state index < -0.39 is 0 Å². The molecule has 0 bridgehead atoms. The average Bonchev–Trinajstić information content (AvgIpc) is 2.75. The number of carbonyl (C=O) groups excluding carboxylic acids is 2. The molecule has 0 saturated carbocycles. The Morgan fingerprint density at radius 3 is 2.71 bits per heavy atom. The highest BCUT2D eigenvalue weighted by molar-refractivity contribution is 7.09. The van der Waals surface area contributed by atoms with Gasteiger partial charge in [-0.05, 0) is 6.92 Å². The minimum atomic E-state index is 0.128. The van der Waals surface area contributed by atoms with Gasteiger partial charge in [0.25, 0.3) is 0 Å². The molecular weight excluding hydrogens is 238 g/mol. The van der Waals surface area contributed by atoms with E-state index in [1.807, 2.05) is 11.8 Å². The zero-order valence-corrected chi connectivity index (χ0v) is 10.6. The molecule has 0 spiro atoms. The van der Waals surface area contributed by atoms with Crippen LogP contribution >= 0.6 is 11.3 Å². The molecule has 0 aliphatic carbocycles. The van der Waals surface area contributed by atoms with E-state index in [1.165, 1.54) is 11.3 Å². The highest BCUT2D eigenvalue weighted by Crippen LogP contribution is 2.14. The lowest BCUT2D eigenvalue weighted by atomic mass is 10.2. The molecule has 1 aromatic rings. The van der Waals surface area contributed by atoms with Crippen molar-refractivity contribution in [1.29, 1.82) is 0 Å². The summed E-state index contributed by atoms with van der Waals surface area (Å²) in [4.78, 5) is 31.2. The van der Waals surface area contributed by atoms with Gasteiger partial charge in [0, 0.05) is 31.1 Å². The number of aryl methyl sites for hydroxylation is 1. The fourth-order valence-electron chi connectivity index (χ4n) is 1.82. The lowest BCUT2D eigenvalue weighted by molar-refractivity contribution is -0.134. The van der Waals surface area contributed by atoms with E-state index in [1.54, 1.807) is 10.4 Å². The van der Waals surface area contributed by atoms with E-state index in [2.05, 4.69) is 4.98 Å². The maximum atomic E-state index is 12.0. The molecule has 5 nitrogen and oxygen atoms in total. The summed E-state index contributed by atoms with van der Waals surface area (Å²) in [5.74, 6) is 0.128. The van der Waals surface area contributed by atoms with Crippen LogP contribution in [0.4, 0.5) is 0 Å². The van der Waals surface area contributed by atoms with Gasteiger partial charge in [0.2, 0.25) is 12.3 Å². The van der Waals surface area contributed by atoms with Crippen molar-refractivity contribution in [3.05, 3.63) is 16.1 Å². The highest BCUT2D eigenvalue weighted by Gasteiger charge is 2.21. The van der Waals surface area contributed by atoms with Crippen molar-refractivity contribution in [1.82, 2.24) is 14.8 Å². The zero-order valence-electron chi connectivity index (χ0n) is 9.76. The minimum absolute atomic E-state index is 0.128. The Hall–Kier alpha value is -1.43. The standard InChI is InChI=1S/C11H15N3O2S/c1-9-10(17-7-12-9)6-11(16)14-4-2-13(8-15)3-5-14/h7-8H,2-6H2,1H3. The predicted octanol–water partition coefficient (Wildman–Crippen LogP) is 0.295. The molecule has 1 aromatic heterocycles. The number of carbonyl (C=O) groups is 2. The number of hydrogen-bond donors (Lipinski definition) is 0. The first-order valence-electron chi connectivity index (χ1n) is 5.57. The van der Waals surface area contributed by atoms with Crippen molar-refractivity contribution in [2.45, 2.75) is 13.3 Å². The Labute approximate surface area is 104 Å². The molecule has 6 heteroatoms. The lowest BCUT2D eigenvalue weighted by Gasteiger charge is -2.32. The summed E-state index contributed by atoms with van der Waals surface area (Å²) in [5.41, 5.74) is 2.71. The number of nitrogens with zero attached hydrogens (tertiary/aromatic N) is 3. The Morgan fingerprint density at radius 2 is 2.18 bits per heavy atom. The molecule has 1 aliphatic heterocycles. The molecule has 17 heavy (non-hydrogen) atoms. The monoisotopic (exact) mass is 253 g/mol. The third-order valence-electron chi connectivity index (χ3n) is 2.97. The molecule has 0 unspecified atom stereocenters. The van der Waals surface area contributed by atoms with Crippen molar-refractivity contribution in [3.8, 4) is 0 Å². The smallest absolute Gasteiger partial charge is 0.228 e. The SMILES string of the molecule is Cc1ncsc1CC(=O)N1CCN(C=O)CC1. The van der Waals surface area contributed by atoms with E-state index in [9.17, 15) is 9.59 Å². The van der Waals surface area contributed by atoms with Gasteiger partial charge in [0.15, 0.2) is 0 Å². The van der Waals surface area contributed by atoms with Gasteiger partial charge in [-0.2, -0.15) is 0 Å². The Bertz CT molecular complexity index is 411. The van der Waals surface area contributed by atoms with Crippen LogP contribution in [0.5, 0.6) is 0 Å². The minimum Gasteiger partial charge on any atom is -0.342 e. The zero-order chi connectivity index (χ0) is 12.3. The second kappa shape index (κ2) is 5.27. The summed E-state index contributed by atoms with van der Waals surface area (Å²) >= 11 is 1.52. The van der Waals surface area contributed by atoms with Gasteiger partial charge in [-0.1, -0.05) is 0 Å². The molecule has 0 N–H and O–H groups in total. The van der Waals surface area contributed by atoms with Crippen LogP contribution < -0.4 is 0 Å². The van der Waals surface area contributed by atoms with Gasteiger partial charge < -0.3 is 9.80 Å². The van der Waals surface area contributed by atoms with Gasteiger partial charge in [-0.25, -0.2) is 4.98 Å². The van der Waals surface area contributed by atoms with Crippen LogP contribution in [-0.4, -0.2) is 53.3 Å². The van der Waals surface area contributed by atoms with Gasteiger partial charge in [-0.3, -0.25) is 9.59 Å². The third-order valence-corrected chi connectivity index (χ3v) is 3.91. The van der Waals surface area contributed by atoms with Crippen LogP contribution in [0.2, 0.25) is 0 Å². The van der Waals surface area contributed by atoms with Crippen LogP contribution in [0.1, 0.15) is 10.6 Å². The summed E-state index contributed by atoms with van der Waals surface area (Å²) in [6.45, 7) is 4.46. The van der Waals surface area contributed by atoms with Gasteiger partial charge in [0.1, 0.15) is 0 Å². The van der Waals surface area contributed by atoms with Crippen LogP contribution in [-0.2, 0) is 16.0 Å². The van der Waals surface area contributed by atoms with E-state index in [4.69, 9.17) is 0 Å². The van der Waals surface area contributed by atoms with Crippen molar-refractivity contribution < 1.29 is 9.59 Å². The van der Waals surface area contributed by atoms with Gasteiger partial charge in [0.05, 0.1) is 17.6 Å². The van der Waals surface area contributed by atoms with Crippen LogP contribution in [0, 0.1) is 6.92 Å². The number of thiazole rings is 1. The second-order valence-electron chi connectivity index (χ2n) is 4.06. The number of aromatic nitrogens is 1. The van der Waals surface area contributed by atoms with Crippen LogP contribution in [0.25, 0.3) is 0 Å². The van der Waals surface area contributed by atoms with Crippen LogP contribution in [0.3, 0.4) is 0 Å². The summed E-state index contributed by atoms with van der Waals surface area (Å²) in [6, 6.07) is 0. The molecule has 1 aliphatic rings. The maximum absolute atomic E-state index is 12.0. The topological polar surface area (TPSA) is 53.5 Å². The molecule has 2 heterocycles. The van der Waals surface area contributed by atoms with Crippen molar-refractivity contribution in [2.75, 3.05) is 26.2 Å². The number of rotatable bonds is 3. The molecule has 2 amide bonds. The number of piperazine rings is 1. The molecule has 2 rings (SSSR count). The first-order chi connectivity index (χ1) is 8.20. The van der Waals surface area contributed by atoms with Gasteiger partial charge in [-0.15, -0.1) is 11.3 Å². The van der Waals surface area contributed by atoms with Crippen molar-refractivity contribution in [2.24, 2.45) is 0 Å². The number of amides is 2. The first-order valence-corrected chi connectivity index (χ1v) is 6.44. The predicted molar refractivity (Wildman–Crippen MR) is 64.8 cm³/mol.